The van der Waals surface area contributed by atoms with E-state index in [1.54, 1.807) is 7.11 Å². The lowest BCUT2D eigenvalue weighted by molar-refractivity contribution is 0.0762. The number of aryl methyl sites for hydroxylation is 1. The zero-order chi connectivity index (χ0) is 17.4. The molecule has 0 aliphatic carbocycles. The van der Waals surface area contributed by atoms with Crippen molar-refractivity contribution in [2.45, 2.75) is 12.8 Å². The van der Waals surface area contributed by atoms with E-state index in [0.29, 0.717) is 0 Å². The Morgan fingerprint density at radius 2 is 1.80 bits per heavy atom. The van der Waals surface area contributed by atoms with E-state index in [1.807, 2.05) is 41.3 Å². The number of rotatable bonds is 2. The van der Waals surface area contributed by atoms with Crippen LogP contribution in [0.25, 0.3) is 10.9 Å². The monoisotopic (exact) mass is 334 g/mol. The first-order valence-electron chi connectivity index (χ1n) is 8.67. The van der Waals surface area contributed by atoms with Gasteiger partial charge in [0.25, 0.3) is 5.91 Å². The Kier molecular flexibility index (Phi) is 3.96. The quantitative estimate of drug-likeness (QED) is 0.720. The van der Waals surface area contributed by atoms with Gasteiger partial charge in [0.1, 0.15) is 5.75 Å². The van der Waals surface area contributed by atoms with Gasteiger partial charge in [-0.05, 0) is 42.3 Å². The van der Waals surface area contributed by atoms with Crippen LogP contribution in [0.1, 0.15) is 21.6 Å². The van der Waals surface area contributed by atoms with Gasteiger partial charge in [-0.1, -0.05) is 18.2 Å². The number of ether oxygens (including phenoxy) is 1. The van der Waals surface area contributed by atoms with E-state index in [9.17, 15) is 4.79 Å². The molecule has 0 radical (unpaired) electrons. The van der Waals surface area contributed by atoms with E-state index < -0.39 is 0 Å². The molecule has 0 saturated carbocycles. The van der Waals surface area contributed by atoms with E-state index in [-0.39, 0.29) is 5.91 Å². The number of carbonyl (C=O) groups excluding carboxylic acids is 1. The Bertz CT molecular complexity index is 928. The topological polar surface area (TPSA) is 34.5 Å². The third-order valence-electron chi connectivity index (χ3n) is 5.20. The van der Waals surface area contributed by atoms with Crippen molar-refractivity contribution in [2.75, 3.05) is 20.2 Å². The summed E-state index contributed by atoms with van der Waals surface area (Å²) >= 11 is 0. The summed E-state index contributed by atoms with van der Waals surface area (Å²) < 4.78 is 7.66. The fraction of sp³-hybridized carbons (Fsp3) is 0.286. The van der Waals surface area contributed by atoms with Crippen molar-refractivity contribution in [2.24, 2.45) is 7.05 Å². The first kappa shape index (κ1) is 15.8. The Morgan fingerprint density at radius 3 is 2.56 bits per heavy atom. The number of methoxy groups -OCH3 is 1. The number of amides is 1. The summed E-state index contributed by atoms with van der Waals surface area (Å²) in [5.41, 5.74) is 4.67. The second-order valence-corrected chi connectivity index (χ2v) is 6.53. The predicted molar refractivity (Wildman–Crippen MR) is 99.2 cm³/mol. The number of benzene rings is 2. The maximum atomic E-state index is 12.8. The third kappa shape index (κ3) is 2.68. The van der Waals surface area contributed by atoms with Crippen LogP contribution in [0.5, 0.6) is 5.75 Å². The highest BCUT2D eigenvalue weighted by atomic mass is 16.5. The smallest absolute Gasteiger partial charge is 0.253 e. The Hall–Kier alpha value is -2.75. The van der Waals surface area contributed by atoms with Gasteiger partial charge in [0, 0.05) is 48.7 Å². The lowest BCUT2D eigenvalue weighted by Crippen LogP contribution is -2.33. The van der Waals surface area contributed by atoms with Crippen LogP contribution >= 0.6 is 0 Å². The van der Waals surface area contributed by atoms with E-state index >= 15 is 0 Å². The summed E-state index contributed by atoms with van der Waals surface area (Å²) in [6, 6.07) is 15.8. The van der Waals surface area contributed by atoms with Gasteiger partial charge < -0.3 is 14.2 Å². The zero-order valence-electron chi connectivity index (χ0n) is 14.7. The molecule has 1 aliphatic heterocycles. The number of nitrogens with zero attached hydrogens (tertiary/aromatic N) is 2. The Labute approximate surface area is 147 Å². The number of hydrogen-bond donors (Lipinski definition) is 0. The van der Waals surface area contributed by atoms with Crippen LogP contribution < -0.4 is 4.74 Å². The van der Waals surface area contributed by atoms with E-state index in [0.717, 1.165) is 37.2 Å². The van der Waals surface area contributed by atoms with Crippen LogP contribution in [-0.4, -0.2) is 35.6 Å². The SMILES string of the molecule is COc1ccc2c(c1)c1c(n2C)CCN(C(=O)c2ccccc2)CC1. The van der Waals surface area contributed by atoms with Gasteiger partial charge in [-0.25, -0.2) is 0 Å². The molecule has 25 heavy (non-hydrogen) atoms. The highest BCUT2D eigenvalue weighted by Gasteiger charge is 2.23. The van der Waals surface area contributed by atoms with E-state index in [4.69, 9.17) is 4.74 Å². The van der Waals surface area contributed by atoms with Crippen LogP contribution in [0.2, 0.25) is 0 Å². The average Bonchev–Trinajstić information content (AvgIpc) is 2.81. The molecule has 0 unspecified atom stereocenters. The van der Waals surface area contributed by atoms with Gasteiger partial charge in [-0.2, -0.15) is 0 Å². The molecule has 1 amide bonds. The van der Waals surface area contributed by atoms with Crippen molar-refractivity contribution in [1.29, 1.82) is 0 Å². The normalized spacial score (nSPS) is 14.2. The average molecular weight is 334 g/mol. The third-order valence-corrected chi connectivity index (χ3v) is 5.20. The molecule has 1 aromatic heterocycles. The van der Waals surface area contributed by atoms with Crippen molar-refractivity contribution >= 4 is 16.8 Å². The molecular formula is C21H22N2O2. The second kappa shape index (κ2) is 6.28. The maximum Gasteiger partial charge on any atom is 0.253 e. The Morgan fingerprint density at radius 1 is 1.04 bits per heavy atom. The van der Waals surface area contributed by atoms with Crippen molar-refractivity contribution in [3.05, 3.63) is 65.4 Å². The molecule has 4 heteroatoms. The molecule has 1 aliphatic rings. The van der Waals surface area contributed by atoms with Gasteiger partial charge >= 0.3 is 0 Å². The minimum absolute atomic E-state index is 0.121. The lowest BCUT2D eigenvalue weighted by Gasteiger charge is -2.20. The fourth-order valence-corrected chi connectivity index (χ4v) is 3.84. The second-order valence-electron chi connectivity index (χ2n) is 6.53. The standard InChI is InChI=1S/C21H22N2O2/c1-22-19-9-8-16(25-2)14-18(19)17-10-12-23(13-11-20(17)22)21(24)15-6-4-3-5-7-15/h3-9,14H,10-13H2,1-2H3. The fourth-order valence-electron chi connectivity index (χ4n) is 3.84. The number of hydrogen-bond acceptors (Lipinski definition) is 2. The highest BCUT2D eigenvalue weighted by Crippen LogP contribution is 2.31. The number of carbonyl (C=O) groups is 1. The molecule has 0 fully saturated rings. The summed E-state index contributed by atoms with van der Waals surface area (Å²) in [5.74, 6) is 0.998. The van der Waals surface area contributed by atoms with E-state index in [2.05, 4.69) is 23.7 Å². The molecule has 2 aromatic carbocycles. The van der Waals surface area contributed by atoms with Gasteiger partial charge in [-0.15, -0.1) is 0 Å². The molecule has 0 bridgehead atoms. The van der Waals surface area contributed by atoms with Gasteiger partial charge in [0.2, 0.25) is 0 Å². The first-order chi connectivity index (χ1) is 12.2. The van der Waals surface area contributed by atoms with Crippen LogP contribution in [0, 0.1) is 0 Å². The minimum atomic E-state index is 0.121. The number of aromatic nitrogens is 1. The Balaban J connectivity index is 1.66. The van der Waals surface area contributed by atoms with Crippen molar-refractivity contribution in [3.63, 3.8) is 0 Å². The summed E-state index contributed by atoms with van der Waals surface area (Å²) in [6.45, 7) is 1.50. The maximum absolute atomic E-state index is 12.8. The van der Waals surface area contributed by atoms with Gasteiger partial charge in [0.05, 0.1) is 7.11 Å². The number of fused-ring (bicyclic) bond motifs is 3. The molecular weight excluding hydrogens is 312 g/mol. The summed E-state index contributed by atoms with van der Waals surface area (Å²) in [7, 11) is 3.81. The summed E-state index contributed by atoms with van der Waals surface area (Å²) in [4.78, 5) is 14.7. The highest BCUT2D eigenvalue weighted by molar-refractivity contribution is 5.94. The molecule has 3 aromatic rings. The van der Waals surface area contributed by atoms with Crippen LogP contribution in [0.4, 0.5) is 0 Å². The van der Waals surface area contributed by atoms with Crippen LogP contribution in [-0.2, 0) is 19.9 Å². The molecule has 4 rings (SSSR count). The zero-order valence-corrected chi connectivity index (χ0v) is 14.7. The predicted octanol–water partition coefficient (Wildman–Crippen LogP) is 3.43. The molecule has 2 heterocycles. The van der Waals surface area contributed by atoms with Gasteiger partial charge in [0.15, 0.2) is 0 Å². The van der Waals surface area contributed by atoms with Crippen LogP contribution in [0.3, 0.4) is 0 Å². The largest absolute Gasteiger partial charge is 0.497 e. The summed E-state index contributed by atoms with van der Waals surface area (Å²) in [5, 5.41) is 1.24. The summed E-state index contributed by atoms with van der Waals surface area (Å²) in [6.07, 6.45) is 1.75. The molecule has 0 spiro atoms. The molecule has 128 valence electrons. The minimum Gasteiger partial charge on any atom is -0.497 e. The van der Waals surface area contributed by atoms with Crippen molar-refractivity contribution < 1.29 is 9.53 Å². The van der Waals surface area contributed by atoms with Crippen molar-refractivity contribution in [3.8, 4) is 5.75 Å². The lowest BCUT2D eigenvalue weighted by atomic mass is 10.1. The van der Waals surface area contributed by atoms with Crippen molar-refractivity contribution in [1.82, 2.24) is 9.47 Å². The molecule has 0 N–H and O–H groups in total. The molecule has 4 nitrogen and oxygen atoms in total. The van der Waals surface area contributed by atoms with E-state index in [1.165, 1.54) is 22.2 Å². The van der Waals surface area contributed by atoms with Crippen LogP contribution in [0.15, 0.2) is 48.5 Å². The molecule has 0 saturated heterocycles. The molecule has 0 atom stereocenters. The van der Waals surface area contributed by atoms with Gasteiger partial charge in [-0.3, -0.25) is 4.79 Å². The first-order valence-corrected chi connectivity index (χ1v) is 8.67.